The number of carboxylic acid groups (broad SMARTS) is 1. The number of aromatic nitrogens is 5. The van der Waals surface area contributed by atoms with Crippen molar-refractivity contribution in [2.75, 3.05) is 0 Å². The fourth-order valence-corrected chi connectivity index (χ4v) is 3.92. The van der Waals surface area contributed by atoms with E-state index in [2.05, 4.69) is 19.9 Å². The number of hydrogen-bond donors (Lipinski definition) is 1. The highest BCUT2D eigenvalue weighted by atomic mass is 19.4. The number of alkyl halides is 3. The van der Waals surface area contributed by atoms with Crippen LogP contribution in [0, 0.1) is 0 Å². The van der Waals surface area contributed by atoms with Gasteiger partial charge in [-0.2, -0.15) is 13.2 Å². The zero-order valence-corrected chi connectivity index (χ0v) is 17.3. The molecule has 33 heavy (non-hydrogen) atoms. The molecule has 4 aromatic rings. The van der Waals surface area contributed by atoms with Crippen LogP contribution in [0.5, 0.6) is 0 Å². The van der Waals surface area contributed by atoms with Crippen molar-refractivity contribution in [3.63, 3.8) is 0 Å². The van der Waals surface area contributed by atoms with Gasteiger partial charge >= 0.3 is 12.1 Å². The van der Waals surface area contributed by atoms with Crippen LogP contribution in [0.15, 0.2) is 48.8 Å². The first-order valence-electron chi connectivity index (χ1n) is 10.4. The Labute approximate surface area is 186 Å². The summed E-state index contributed by atoms with van der Waals surface area (Å²) in [4.78, 5) is 28.2. The first-order chi connectivity index (χ1) is 15.8. The van der Waals surface area contributed by atoms with Gasteiger partial charge in [0.25, 0.3) is 0 Å². The van der Waals surface area contributed by atoms with Crippen LogP contribution in [-0.2, 0) is 12.7 Å². The molecular weight excluding hydrogens is 435 g/mol. The van der Waals surface area contributed by atoms with E-state index in [9.17, 15) is 23.1 Å². The SMILES string of the molecule is O=C(O)c1ncc2c(n1)nc(-c1cc(C3CCC3)ccn1)n2Cc1ccc(C(F)(F)F)cc1. The number of pyridine rings is 1. The van der Waals surface area contributed by atoms with E-state index in [0.717, 1.165) is 30.5 Å². The lowest BCUT2D eigenvalue weighted by atomic mass is 9.80. The molecule has 1 saturated carbocycles. The molecule has 0 spiro atoms. The van der Waals surface area contributed by atoms with Crippen LogP contribution in [0.2, 0.25) is 0 Å². The second-order valence-corrected chi connectivity index (χ2v) is 8.03. The average molecular weight is 453 g/mol. The van der Waals surface area contributed by atoms with E-state index >= 15 is 0 Å². The summed E-state index contributed by atoms with van der Waals surface area (Å²) in [5.41, 5.74) is 2.26. The molecule has 5 rings (SSSR count). The van der Waals surface area contributed by atoms with Gasteiger partial charge in [0, 0.05) is 12.7 Å². The Hall–Kier alpha value is -3.82. The third kappa shape index (κ3) is 4.04. The summed E-state index contributed by atoms with van der Waals surface area (Å²) in [6.45, 7) is 0.190. The molecule has 0 bridgehead atoms. The topological polar surface area (TPSA) is 93.8 Å². The van der Waals surface area contributed by atoms with Crippen molar-refractivity contribution in [2.45, 2.75) is 37.9 Å². The summed E-state index contributed by atoms with van der Waals surface area (Å²) in [5, 5.41) is 9.23. The van der Waals surface area contributed by atoms with Crippen molar-refractivity contribution in [3.05, 3.63) is 71.3 Å². The van der Waals surface area contributed by atoms with Gasteiger partial charge < -0.3 is 9.67 Å². The lowest BCUT2D eigenvalue weighted by Gasteiger charge is -2.25. The van der Waals surface area contributed by atoms with Crippen molar-refractivity contribution in [1.29, 1.82) is 0 Å². The minimum absolute atomic E-state index is 0.181. The van der Waals surface area contributed by atoms with Gasteiger partial charge in [-0.1, -0.05) is 18.6 Å². The number of nitrogens with zero attached hydrogens (tertiary/aromatic N) is 5. The third-order valence-corrected chi connectivity index (χ3v) is 5.91. The molecule has 0 unspecified atom stereocenters. The number of hydrogen-bond acceptors (Lipinski definition) is 5. The molecule has 0 saturated heterocycles. The molecular formula is C23H18F3N5O2. The molecule has 168 valence electrons. The molecule has 3 heterocycles. The quantitative estimate of drug-likeness (QED) is 0.461. The molecule has 1 aliphatic rings. The Balaban J connectivity index is 1.60. The summed E-state index contributed by atoms with van der Waals surface area (Å²) >= 11 is 0. The van der Waals surface area contributed by atoms with Gasteiger partial charge in [-0.25, -0.2) is 19.7 Å². The highest BCUT2D eigenvalue weighted by molar-refractivity contribution is 5.86. The van der Waals surface area contributed by atoms with Crippen LogP contribution in [0.1, 0.15) is 52.5 Å². The largest absolute Gasteiger partial charge is 0.475 e. The summed E-state index contributed by atoms with van der Waals surface area (Å²) in [6.07, 6.45) is 2.06. The van der Waals surface area contributed by atoms with Gasteiger partial charge in [0.1, 0.15) is 11.2 Å². The van der Waals surface area contributed by atoms with Crippen molar-refractivity contribution in [1.82, 2.24) is 24.5 Å². The van der Waals surface area contributed by atoms with Crippen LogP contribution >= 0.6 is 0 Å². The molecule has 1 aliphatic carbocycles. The normalized spacial score (nSPS) is 14.4. The molecule has 0 atom stereocenters. The Morgan fingerprint density at radius 2 is 1.85 bits per heavy atom. The van der Waals surface area contributed by atoms with E-state index in [1.165, 1.54) is 24.8 Å². The van der Waals surface area contributed by atoms with Gasteiger partial charge in [0.05, 0.1) is 11.8 Å². The number of imidazole rings is 1. The van der Waals surface area contributed by atoms with E-state index in [4.69, 9.17) is 0 Å². The first-order valence-corrected chi connectivity index (χ1v) is 10.4. The van der Waals surface area contributed by atoms with Crippen molar-refractivity contribution < 1.29 is 23.1 Å². The van der Waals surface area contributed by atoms with Crippen LogP contribution in [0.3, 0.4) is 0 Å². The predicted octanol–water partition coefficient (Wildman–Crippen LogP) is 4.92. The molecule has 1 N–H and O–H groups in total. The number of aromatic carboxylic acids is 1. The number of fused-ring (bicyclic) bond motifs is 1. The minimum Gasteiger partial charge on any atom is -0.475 e. The molecule has 10 heteroatoms. The van der Waals surface area contributed by atoms with E-state index in [1.54, 1.807) is 10.8 Å². The zero-order chi connectivity index (χ0) is 23.2. The number of carbonyl (C=O) groups is 1. The van der Waals surface area contributed by atoms with E-state index in [0.29, 0.717) is 28.5 Å². The number of benzene rings is 1. The molecule has 0 aliphatic heterocycles. The van der Waals surface area contributed by atoms with Crippen LogP contribution in [0.25, 0.3) is 22.7 Å². The van der Waals surface area contributed by atoms with Crippen molar-refractivity contribution in [3.8, 4) is 11.5 Å². The van der Waals surface area contributed by atoms with Gasteiger partial charge in [-0.15, -0.1) is 0 Å². The monoisotopic (exact) mass is 453 g/mol. The Bertz CT molecular complexity index is 1340. The number of carboxylic acids is 1. The lowest BCUT2D eigenvalue weighted by molar-refractivity contribution is -0.137. The summed E-state index contributed by atoms with van der Waals surface area (Å²) in [5.74, 6) is -0.744. The standard InChI is InChI=1S/C23H18F3N5O2/c24-23(25,26)16-6-4-13(5-7-16)12-31-18-11-28-20(22(32)33)29-19(18)30-21(31)17-10-15(8-9-27-17)14-2-1-3-14/h4-11,14H,1-3,12H2,(H,32,33). The maximum absolute atomic E-state index is 12.9. The van der Waals surface area contributed by atoms with Gasteiger partial charge in [0.15, 0.2) is 11.5 Å². The highest BCUT2D eigenvalue weighted by Gasteiger charge is 2.30. The predicted molar refractivity (Wildman–Crippen MR) is 113 cm³/mol. The fraction of sp³-hybridized carbons (Fsp3) is 0.261. The molecule has 0 amide bonds. The maximum atomic E-state index is 12.9. The minimum atomic E-state index is -4.42. The molecule has 1 fully saturated rings. The summed E-state index contributed by atoms with van der Waals surface area (Å²) in [6, 6.07) is 8.80. The molecule has 1 aromatic carbocycles. The number of halogens is 3. The Morgan fingerprint density at radius 3 is 2.48 bits per heavy atom. The van der Waals surface area contributed by atoms with Crippen molar-refractivity contribution >= 4 is 17.1 Å². The fourth-order valence-electron chi connectivity index (χ4n) is 3.92. The molecule has 3 aromatic heterocycles. The summed E-state index contributed by atoms with van der Waals surface area (Å²) < 4.78 is 40.6. The first kappa shape index (κ1) is 21.0. The second-order valence-electron chi connectivity index (χ2n) is 8.03. The van der Waals surface area contributed by atoms with E-state index in [1.807, 2.05) is 12.1 Å². The Kier molecular flexibility index (Phi) is 5.07. The van der Waals surface area contributed by atoms with Gasteiger partial charge in [-0.05, 0) is 54.2 Å². The van der Waals surface area contributed by atoms with Gasteiger partial charge in [-0.3, -0.25) is 4.98 Å². The smallest absolute Gasteiger partial charge is 0.416 e. The number of rotatable bonds is 5. The van der Waals surface area contributed by atoms with Crippen LogP contribution < -0.4 is 0 Å². The third-order valence-electron chi connectivity index (χ3n) is 5.91. The van der Waals surface area contributed by atoms with Gasteiger partial charge in [0.2, 0.25) is 5.82 Å². The maximum Gasteiger partial charge on any atom is 0.416 e. The highest BCUT2D eigenvalue weighted by Crippen LogP contribution is 2.37. The second kappa shape index (κ2) is 7.95. The van der Waals surface area contributed by atoms with E-state index in [-0.39, 0.29) is 18.0 Å². The zero-order valence-electron chi connectivity index (χ0n) is 17.3. The Morgan fingerprint density at radius 1 is 1.09 bits per heavy atom. The van der Waals surface area contributed by atoms with Crippen LogP contribution in [-0.4, -0.2) is 35.6 Å². The average Bonchev–Trinajstić information content (AvgIpc) is 3.10. The van der Waals surface area contributed by atoms with E-state index < -0.39 is 17.7 Å². The summed E-state index contributed by atoms with van der Waals surface area (Å²) in [7, 11) is 0. The van der Waals surface area contributed by atoms with Crippen LogP contribution in [0.4, 0.5) is 13.2 Å². The lowest BCUT2D eigenvalue weighted by Crippen LogP contribution is -2.10. The molecule has 7 nitrogen and oxygen atoms in total. The van der Waals surface area contributed by atoms with Crippen molar-refractivity contribution in [2.24, 2.45) is 0 Å². The molecule has 0 radical (unpaired) electrons.